The number of benzene rings is 4. The Labute approximate surface area is 526 Å². The molecule has 86 heavy (non-hydrogen) atoms. The molecule has 10 rings (SSSR count). The van der Waals surface area contributed by atoms with Gasteiger partial charge in [-0.15, -0.1) is 0 Å². The van der Waals surface area contributed by atoms with Crippen LogP contribution >= 0.6 is 46.4 Å². The van der Waals surface area contributed by atoms with E-state index in [-0.39, 0.29) is 42.4 Å². The van der Waals surface area contributed by atoms with E-state index in [2.05, 4.69) is 61.5 Å². The molecule has 0 aliphatic carbocycles. The molecule has 1 fully saturated rings. The molecule has 2 aromatic heterocycles. The molecule has 6 atom stereocenters. The highest BCUT2D eigenvalue weighted by atomic mass is 35.5. The molecular weight excluding hydrogens is 1170 g/mol. The maximum atomic E-state index is 14.8. The van der Waals surface area contributed by atoms with Gasteiger partial charge in [0.1, 0.15) is 45.3 Å². The Morgan fingerprint density at radius 1 is 0.547 bits per heavy atom. The first kappa shape index (κ1) is 64.0. The van der Waals surface area contributed by atoms with E-state index in [4.69, 9.17) is 75.8 Å². The molecule has 18 heteroatoms. The molecule has 0 spiro atoms. The minimum Gasteiger partial charge on any atom is -0.493 e. The highest BCUT2D eigenvalue weighted by molar-refractivity contribution is 6.31. The van der Waals surface area contributed by atoms with Gasteiger partial charge in [0.15, 0.2) is 0 Å². The van der Waals surface area contributed by atoms with Crippen molar-refractivity contribution in [2.24, 2.45) is 9.98 Å². The molecule has 1 saturated heterocycles. The van der Waals surface area contributed by atoms with Gasteiger partial charge in [-0.25, -0.2) is 9.59 Å². The summed E-state index contributed by atoms with van der Waals surface area (Å²) in [6.07, 6.45) is 6.78. The standard InChI is InChI=1S/C34H40Cl2N4O4.C34H38Cl2N4O2/c1-7-44-28-18-29(32(2,3)4)37-19-25(28)30-38-33(5,21-8-12-23(35)13-9-21)34(6,22-10-14-24(36)15-11-22)40(30)31(43)39-17-16-26(41)27(42)20-39;1-7-42-28-21-29(32(2,3)4)37-22-27(28)30-38-33(5,23-11-15-25(35)16-12-23)34(6,24-13-17-26(36)18-14-24)40(30)31(41)39-19-9-8-10-20-39/h8-15,18-19,26-27,41-42H,7,16-17,20H2,1-6H3;8-9,11-18,21-22H,7,10,19-20H2,1-6H3/t26?,27?,33-,34+;33-,34+/m00/s1. The van der Waals surface area contributed by atoms with Gasteiger partial charge in [0, 0.05) is 86.5 Å². The van der Waals surface area contributed by atoms with Gasteiger partial charge in [0.05, 0.1) is 43.1 Å². The summed E-state index contributed by atoms with van der Waals surface area (Å²) in [4.78, 5) is 57.1. The molecule has 454 valence electrons. The number of pyridine rings is 2. The van der Waals surface area contributed by atoms with Gasteiger partial charge in [-0.2, -0.15) is 0 Å². The number of urea groups is 2. The summed E-state index contributed by atoms with van der Waals surface area (Å²) < 4.78 is 12.4. The maximum Gasteiger partial charge on any atom is 0.326 e. The summed E-state index contributed by atoms with van der Waals surface area (Å²) in [5, 5.41) is 23.2. The van der Waals surface area contributed by atoms with Crippen molar-refractivity contribution in [2.75, 3.05) is 39.4 Å². The zero-order chi connectivity index (χ0) is 62.3. The highest BCUT2D eigenvalue weighted by Crippen LogP contribution is 2.56. The molecule has 2 unspecified atom stereocenters. The van der Waals surface area contributed by atoms with Crippen LogP contribution in [0.3, 0.4) is 0 Å². The number of hydrogen-bond acceptors (Lipinski definition) is 10. The van der Waals surface area contributed by atoms with Gasteiger partial charge in [-0.3, -0.25) is 29.8 Å². The average Bonchev–Trinajstić information content (AvgIpc) is 1.57. The van der Waals surface area contributed by atoms with Crippen LogP contribution in [0, 0.1) is 0 Å². The zero-order valence-electron chi connectivity index (χ0n) is 51.1. The summed E-state index contributed by atoms with van der Waals surface area (Å²) in [5.74, 6) is 2.12. The summed E-state index contributed by atoms with van der Waals surface area (Å²) in [6, 6.07) is 33.7. The number of aliphatic hydroxyl groups excluding tert-OH is 2. The van der Waals surface area contributed by atoms with Crippen molar-refractivity contribution in [1.29, 1.82) is 0 Å². The molecular formula is C68H78Cl4N8O6. The fourth-order valence-corrected chi connectivity index (χ4v) is 12.4. The van der Waals surface area contributed by atoms with Crippen LogP contribution in [0.2, 0.25) is 20.1 Å². The van der Waals surface area contributed by atoms with Crippen LogP contribution in [0.1, 0.15) is 141 Å². The van der Waals surface area contributed by atoms with Crippen molar-refractivity contribution in [3.05, 3.63) is 199 Å². The van der Waals surface area contributed by atoms with Crippen LogP contribution in [0.5, 0.6) is 11.5 Å². The lowest BCUT2D eigenvalue weighted by atomic mass is 9.71. The van der Waals surface area contributed by atoms with Gasteiger partial charge >= 0.3 is 12.1 Å². The Hall–Kier alpha value is -6.52. The second-order valence-corrected chi connectivity index (χ2v) is 26.7. The van der Waals surface area contributed by atoms with E-state index in [9.17, 15) is 19.8 Å². The third-order valence-corrected chi connectivity index (χ3v) is 18.4. The number of nitrogens with zero attached hydrogens (tertiary/aromatic N) is 8. The van der Waals surface area contributed by atoms with Crippen molar-refractivity contribution in [3.63, 3.8) is 0 Å². The molecule has 4 amide bonds. The normalized spacial score (nSPS) is 24.0. The minimum absolute atomic E-state index is 0.0162. The van der Waals surface area contributed by atoms with Crippen LogP contribution in [0.4, 0.5) is 9.59 Å². The smallest absolute Gasteiger partial charge is 0.326 e. The third-order valence-electron chi connectivity index (χ3n) is 17.4. The minimum atomic E-state index is -1.09. The second-order valence-electron chi connectivity index (χ2n) is 25.0. The Morgan fingerprint density at radius 3 is 1.26 bits per heavy atom. The largest absolute Gasteiger partial charge is 0.493 e. The van der Waals surface area contributed by atoms with Crippen molar-refractivity contribution in [2.45, 2.75) is 141 Å². The third kappa shape index (κ3) is 12.0. The van der Waals surface area contributed by atoms with E-state index in [1.54, 1.807) is 34.3 Å². The molecule has 4 aliphatic heterocycles. The van der Waals surface area contributed by atoms with E-state index in [1.807, 2.05) is 141 Å². The van der Waals surface area contributed by atoms with E-state index in [0.29, 0.717) is 80.7 Å². The number of rotatable bonds is 10. The summed E-state index contributed by atoms with van der Waals surface area (Å²) >= 11 is 25.3. The van der Waals surface area contributed by atoms with Crippen LogP contribution in [0.15, 0.2) is 144 Å². The monoisotopic (exact) mass is 1240 g/mol. The van der Waals surface area contributed by atoms with Crippen molar-refractivity contribution >= 4 is 70.1 Å². The van der Waals surface area contributed by atoms with Crippen LogP contribution in [-0.4, -0.2) is 115 Å². The number of aliphatic hydroxyl groups is 2. The Kier molecular flexibility index (Phi) is 18.5. The molecule has 4 aliphatic rings. The molecule has 6 aromatic rings. The number of ether oxygens (including phenoxy) is 2. The summed E-state index contributed by atoms with van der Waals surface area (Å²) in [6.45, 7) is 26.9. The number of piperidine rings is 1. The molecule has 6 heterocycles. The van der Waals surface area contributed by atoms with Gasteiger partial charge in [0.2, 0.25) is 0 Å². The first-order valence-electron chi connectivity index (χ1n) is 29.3. The Balaban J connectivity index is 0.000000206. The van der Waals surface area contributed by atoms with E-state index in [1.165, 1.54) is 0 Å². The van der Waals surface area contributed by atoms with E-state index >= 15 is 0 Å². The van der Waals surface area contributed by atoms with Crippen molar-refractivity contribution in [1.82, 2.24) is 29.6 Å². The zero-order valence-corrected chi connectivity index (χ0v) is 54.2. The quantitative estimate of drug-likeness (QED) is 0.128. The number of aromatic nitrogens is 2. The number of aliphatic imine (C=N–C) groups is 2. The Morgan fingerprint density at radius 2 is 0.919 bits per heavy atom. The van der Waals surface area contributed by atoms with E-state index < -0.39 is 34.4 Å². The average molecular weight is 1250 g/mol. The van der Waals surface area contributed by atoms with Crippen molar-refractivity contribution < 1.29 is 29.3 Å². The lowest BCUT2D eigenvalue weighted by Crippen LogP contribution is -2.60. The number of hydrogen-bond donors (Lipinski definition) is 2. The molecule has 0 radical (unpaired) electrons. The SMILES string of the molecule is CCOc1cc(C(C)(C)C)ncc1C1=N[C@@](C)(c2ccc(Cl)cc2)[C@@](C)(c2ccc(Cl)cc2)N1C(=O)N1CC=CCC1.CCOc1cc(C(C)(C)C)ncc1C1=N[C@@](C)(c2ccc(Cl)cc2)[C@@](C)(c2ccc(Cl)cc2)N1C(=O)N1CCC(O)C(O)C1. The molecule has 4 aromatic carbocycles. The number of carbonyl (C=O) groups is 2. The van der Waals surface area contributed by atoms with Crippen LogP contribution in [-0.2, 0) is 33.0 Å². The molecule has 0 saturated carbocycles. The molecule has 14 nitrogen and oxygen atoms in total. The topological polar surface area (TPSA) is 157 Å². The Bertz CT molecular complexity index is 3550. The molecule has 0 bridgehead atoms. The number of halogens is 4. The predicted molar refractivity (Wildman–Crippen MR) is 345 cm³/mol. The second kappa shape index (κ2) is 24.9. The lowest BCUT2D eigenvalue weighted by molar-refractivity contribution is -0.0323. The highest BCUT2D eigenvalue weighted by Gasteiger charge is 2.62. The fraction of sp³-hybridized carbons (Fsp3) is 0.412. The summed E-state index contributed by atoms with van der Waals surface area (Å²) in [7, 11) is 0. The van der Waals surface area contributed by atoms with Crippen LogP contribution in [0.25, 0.3) is 0 Å². The number of carbonyl (C=O) groups excluding carboxylic acids is 2. The van der Waals surface area contributed by atoms with Gasteiger partial charge in [-0.05, 0) is 125 Å². The van der Waals surface area contributed by atoms with Crippen LogP contribution < -0.4 is 9.47 Å². The maximum absolute atomic E-state index is 14.8. The first-order valence-corrected chi connectivity index (χ1v) is 30.8. The van der Waals surface area contributed by atoms with Gasteiger partial charge < -0.3 is 29.5 Å². The van der Waals surface area contributed by atoms with Gasteiger partial charge in [-0.1, -0.05) is 149 Å². The lowest BCUT2D eigenvalue weighted by Gasteiger charge is -2.47. The fourth-order valence-electron chi connectivity index (χ4n) is 11.9. The predicted octanol–water partition coefficient (Wildman–Crippen LogP) is 14.9. The number of amides is 4. The molecule has 2 N–H and O–H groups in total. The number of amidine groups is 2. The van der Waals surface area contributed by atoms with E-state index in [0.717, 1.165) is 40.1 Å². The number of β-amino-alcohol motifs (C(OH)–C–C–N with tert-alkyl or cyclic N) is 1. The van der Waals surface area contributed by atoms with Gasteiger partial charge in [0.25, 0.3) is 0 Å². The number of likely N-dealkylation sites (tertiary alicyclic amines) is 1. The summed E-state index contributed by atoms with van der Waals surface area (Å²) in [5.41, 5.74) is 2.07. The first-order chi connectivity index (χ1) is 40.6. The van der Waals surface area contributed by atoms with Crippen molar-refractivity contribution in [3.8, 4) is 11.5 Å².